The molecule has 1 heterocycles. The van der Waals surface area contributed by atoms with Crippen LogP contribution in [0.1, 0.15) is 23.2 Å². The van der Waals surface area contributed by atoms with Crippen LogP contribution in [0.4, 0.5) is 4.39 Å². The number of methoxy groups -OCH3 is 1. The van der Waals surface area contributed by atoms with Gasteiger partial charge in [-0.3, -0.25) is 4.79 Å². The molecule has 0 aromatic heterocycles. The summed E-state index contributed by atoms with van der Waals surface area (Å²) in [5, 5.41) is 6.10. The maximum absolute atomic E-state index is 13.5. The summed E-state index contributed by atoms with van der Waals surface area (Å²) < 4.78 is 18.3. The summed E-state index contributed by atoms with van der Waals surface area (Å²) in [4.78, 5) is 11.9. The van der Waals surface area contributed by atoms with Gasteiger partial charge in [0, 0.05) is 18.2 Å². The van der Waals surface area contributed by atoms with Gasteiger partial charge in [0.05, 0.1) is 7.11 Å². The van der Waals surface area contributed by atoms with Crippen LogP contribution in [-0.2, 0) is 0 Å². The molecule has 0 saturated carbocycles. The monoisotopic (exact) mass is 288 g/mol. The van der Waals surface area contributed by atoms with Crippen LogP contribution in [0.2, 0.25) is 0 Å². The number of ether oxygens (including phenoxy) is 1. The Hall–Kier alpha value is -1.33. The van der Waals surface area contributed by atoms with Crippen molar-refractivity contribution in [2.24, 2.45) is 0 Å². The Bertz CT molecular complexity index is 437. The first-order valence-electron chi connectivity index (χ1n) is 6.06. The highest BCUT2D eigenvalue weighted by molar-refractivity contribution is 5.94. The molecule has 2 N–H and O–H groups in total. The second kappa shape index (κ2) is 7.31. The lowest BCUT2D eigenvalue weighted by molar-refractivity contribution is 0.0930. The third-order valence-corrected chi connectivity index (χ3v) is 3.05. The van der Waals surface area contributed by atoms with Crippen LogP contribution in [0.25, 0.3) is 0 Å². The van der Waals surface area contributed by atoms with E-state index in [9.17, 15) is 9.18 Å². The lowest BCUT2D eigenvalue weighted by atomic mass is 10.1. The summed E-state index contributed by atoms with van der Waals surface area (Å²) in [6.45, 7) is 1.76. The Kier molecular flexibility index (Phi) is 6.05. The summed E-state index contributed by atoms with van der Waals surface area (Å²) in [6.07, 6.45) is 2.00. The molecule has 0 radical (unpaired) electrons. The van der Waals surface area contributed by atoms with Crippen LogP contribution in [0.3, 0.4) is 0 Å². The standard InChI is InChI=1S/C13H17FN2O2.ClH/c1-18-12-5-4-9(7-11(12)14)13(17)16-10-3-2-6-15-8-10;/h4-5,7,10,15H,2-3,6,8H2,1H3,(H,16,17);1H. The number of carbonyl (C=O) groups is 1. The Morgan fingerprint density at radius 1 is 1.53 bits per heavy atom. The molecule has 1 atom stereocenters. The molecular formula is C13H18ClFN2O2. The fourth-order valence-electron chi connectivity index (χ4n) is 2.05. The lowest BCUT2D eigenvalue weighted by Gasteiger charge is -2.23. The summed E-state index contributed by atoms with van der Waals surface area (Å²) in [5.74, 6) is -0.622. The van der Waals surface area contributed by atoms with E-state index in [0.717, 1.165) is 25.9 Å². The number of piperidine rings is 1. The van der Waals surface area contributed by atoms with Crippen molar-refractivity contribution in [1.82, 2.24) is 10.6 Å². The fraction of sp³-hybridized carbons (Fsp3) is 0.462. The molecule has 0 spiro atoms. The van der Waals surface area contributed by atoms with Crippen molar-refractivity contribution in [2.75, 3.05) is 20.2 Å². The maximum Gasteiger partial charge on any atom is 0.251 e. The van der Waals surface area contributed by atoms with Crippen molar-refractivity contribution >= 4 is 18.3 Å². The molecule has 2 rings (SSSR count). The highest BCUT2D eigenvalue weighted by Gasteiger charge is 2.17. The molecule has 0 aliphatic carbocycles. The van der Waals surface area contributed by atoms with Gasteiger partial charge in [-0.1, -0.05) is 0 Å². The summed E-state index contributed by atoms with van der Waals surface area (Å²) in [6, 6.07) is 4.35. The van der Waals surface area contributed by atoms with Crippen LogP contribution < -0.4 is 15.4 Å². The molecule has 6 heteroatoms. The van der Waals surface area contributed by atoms with E-state index in [1.54, 1.807) is 6.07 Å². The van der Waals surface area contributed by atoms with Gasteiger partial charge in [-0.15, -0.1) is 12.4 Å². The van der Waals surface area contributed by atoms with Gasteiger partial charge in [0.25, 0.3) is 5.91 Å². The van der Waals surface area contributed by atoms with Gasteiger partial charge < -0.3 is 15.4 Å². The minimum absolute atomic E-state index is 0. The van der Waals surface area contributed by atoms with E-state index >= 15 is 0 Å². The van der Waals surface area contributed by atoms with Gasteiger partial charge in [0.15, 0.2) is 11.6 Å². The normalized spacial score (nSPS) is 18.3. The zero-order chi connectivity index (χ0) is 13.0. The molecule has 4 nitrogen and oxygen atoms in total. The molecule has 1 amide bonds. The number of benzene rings is 1. The maximum atomic E-state index is 13.5. The van der Waals surface area contributed by atoms with E-state index in [1.807, 2.05) is 0 Å². The lowest BCUT2D eigenvalue weighted by Crippen LogP contribution is -2.45. The molecule has 1 aromatic rings. The largest absolute Gasteiger partial charge is 0.494 e. The van der Waals surface area contributed by atoms with Crippen LogP contribution >= 0.6 is 12.4 Å². The van der Waals surface area contributed by atoms with Gasteiger partial charge in [-0.05, 0) is 37.6 Å². The second-order valence-corrected chi connectivity index (χ2v) is 4.37. The van der Waals surface area contributed by atoms with E-state index in [0.29, 0.717) is 5.56 Å². The van der Waals surface area contributed by atoms with Gasteiger partial charge in [0.1, 0.15) is 0 Å². The molecule has 1 aliphatic rings. The van der Waals surface area contributed by atoms with Crippen molar-refractivity contribution in [1.29, 1.82) is 0 Å². The van der Waals surface area contributed by atoms with Gasteiger partial charge >= 0.3 is 0 Å². The average Bonchev–Trinajstić information content (AvgIpc) is 2.39. The third kappa shape index (κ3) is 4.08. The molecule has 19 heavy (non-hydrogen) atoms. The van der Waals surface area contributed by atoms with E-state index in [-0.39, 0.29) is 30.1 Å². The average molecular weight is 289 g/mol. The van der Waals surface area contributed by atoms with E-state index < -0.39 is 5.82 Å². The van der Waals surface area contributed by atoms with Crippen LogP contribution in [-0.4, -0.2) is 32.1 Å². The SMILES string of the molecule is COc1ccc(C(=O)NC2CCCNC2)cc1F.Cl. The predicted molar refractivity (Wildman–Crippen MR) is 73.6 cm³/mol. The van der Waals surface area contributed by atoms with Gasteiger partial charge in [-0.25, -0.2) is 4.39 Å². The van der Waals surface area contributed by atoms with E-state index in [4.69, 9.17) is 4.74 Å². The quantitative estimate of drug-likeness (QED) is 0.891. The summed E-state index contributed by atoms with van der Waals surface area (Å²) in [7, 11) is 1.39. The number of nitrogens with one attached hydrogen (secondary N) is 2. The van der Waals surface area contributed by atoms with Crippen LogP contribution in [0.5, 0.6) is 5.75 Å². The van der Waals surface area contributed by atoms with Crippen molar-refractivity contribution in [3.05, 3.63) is 29.6 Å². The smallest absolute Gasteiger partial charge is 0.251 e. The fourth-order valence-corrected chi connectivity index (χ4v) is 2.05. The van der Waals surface area contributed by atoms with Gasteiger partial charge in [-0.2, -0.15) is 0 Å². The second-order valence-electron chi connectivity index (χ2n) is 4.37. The Morgan fingerprint density at radius 3 is 2.89 bits per heavy atom. The first kappa shape index (κ1) is 15.7. The highest BCUT2D eigenvalue weighted by atomic mass is 35.5. The predicted octanol–water partition coefficient (Wildman–Crippen LogP) is 1.74. The molecule has 1 unspecified atom stereocenters. The van der Waals surface area contributed by atoms with E-state index in [2.05, 4.69) is 10.6 Å². The summed E-state index contributed by atoms with van der Waals surface area (Å²) >= 11 is 0. The first-order chi connectivity index (χ1) is 8.70. The minimum Gasteiger partial charge on any atom is -0.494 e. The summed E-state index contributed by atoms with van der Waals surface area (Å²) in [5.41, 5.74) is 0.318. The van der Waals surface area contributed by atoms with Crippen molar-refractivity contribution in [2.45, 2.75) is 18.9 Å². The zero-order valence-electron chi connectivity index (χ0n) is 10.7. The Labute approximate surface area is 118 Å². The number of amides is 1. The third-order valence-electron chi connectivity index (χ3n) is 3.05. The number of hydrogen-bond acceptors (Lipinski definition) is 3. The molecule has 0 bridgehead atoms. The minimum atomic E-state index is -0.521. The van der Waals surface area contributed by atoms with Crippen molar-refractivity contribution < 1.29 is 13.9 Å². The van der Waals surface area contributed by atoms with Crippen LogP contribution in [0.15, 0.2) is 18.2 Å². The molecule has 1 fully saturated rings. The van der Waals surface area contributed by atoms with Gasteiger partial charge in [0.2, 0.25) is 0 Å². The topological polar surface area (TPSA) is 50.4 Å². The molecule has 1 aromatic carbocycles. The number of carbonyl (C=O) groups excluding carboxylic acids is 1. The molecule has 106 valence electrons. The first-order valence-corrected chi connectivity index (χ1v) is 6.06. The number of halogens is 2. The molecular weight excluding hydrogens is 271 g/mol. The Morgan fingerprint density at radius 2 is 2.32 bits per heavy atom. The zero-order valence-corrected chi connectivity index (χ0v) is 11.6. The molecule has 1 aliphatic heterocycles. The number of rotatable bonds is 3. The number of hydrogen-bond donors (Lipinski definition) is 2. The van der Waals surface area contributed by atoms with Crippen molar-refractivity contribution in [3.63, 3.8) is 0 Å². The van der Waals surface area contributed by atoms with E-state index in [1.165, 1.54) is 19.2 Å². The Balaban J connectivity index is 0.00000180. The highest BCUT2D eigenvalue weighted by Crippen LogP contribution is 2.17. The van der Waals surface area contributed by atoms with Crippen LogP contribution in [0, 0.1) is 5.82 Å². The van der Waals surface area contributed by atoms with Crippen molar-refractivity contribution in [3.8, 4) is 5.75 Å². The molecule has 1 saturated heterocycles.